The number of anilines is 1. The molecule has 4 nitrogen and oxygen atoms in total. The molecule has 1 aliphatic carbocycles. The zero-order chi connectivity index (χ0) is 19.4. The highest BCUT2D eigenvalue weighted by molar-refractivity contribution is 5.88. The van der Waals surface area contributed by atoms with Crippen LogP contribution in [0, 0.1) is 0 Å². The topological polar surface area (TPSA) is 43.0 Å². The molecule has 5 aromatic rings. The summed E-state index contributed by atoms with van der Waals surface area (Å²) in [4.78, 5) is 4.71. The second kappa shape index (κ2) is 6.24. The van der Waals surface area contributed by atoms with Crippen molar-refractivity contribution < 1.29 is 4.42 Å². The molecule has 0 atom stereocenters. The van der Waals surface area contributed by atoms with Gasteiger partial charge in [0.15, 0.2) is 5.58 Å². The molecular weight excluding hydrogens is 358 g/mol. The predicted molar refractivity (Wildman–Crippen MR) is 117 cm³/mol. The lowest BCUT2D eigenvalue weighted by Crippen LogP contribution is -2.19. The Balaban J connectivity index is 1.29. The Bertz CT molecular complexity index is 1340. The molecule has 0 radical (unpaired) electrons. The largest absolute Gasteiger partial charge is 0.424 e. The maximum Gasteiger partial charge on any atom is 0.295 e. The summed E-state index contributed by atoms with van der Waals surface area (Å²) in [6.45, 7) is 0. The monoisotopic (exact) mass is 379 g/mol. The first-order valence-electron chi connectivity index (χ1n) is 10.0. The van der Waals surface area contributed by atoms with Crippen molar-refractivity contribution in [3.05, 3.63) is 84.1 Å². The van der Waals surface area contributed by atoms with Crippen LogP contribution in [0.4, 0.5) is 6.01 Å². The van der Waals surface area contributed by atoms with Gasteiger partial charge in [0.1, 0.15) is 5.52 Å². The summed E-state index contributed by atoms with van der Waals surface area (Å²) in [5.41, 5.74) is 8.10. The first-order valence-corrected chi connectivity index (χ1v) is 10.0. The molecule has 3 aromatic carbocycles. The lowest BCUT2D eigenvalue weighted by Gasteiger charge is -2.08. The summed E-state index contributed by atoms with van der Waals surface area (Å²) in [6, 6.07) is 24.5. The highest BCUT2D eigenvalue weighted by Gasteiger charge is 2.22. The van der Waals surface area contributed by atoms with E-state index < -0.39 is 0 Å². The molecule has 2 aromatic heterocycles. The van der Waals surface area contributed by atoms with Gasteiger partial charge < -0.3 is 14.3 Å². The highest BCUT2D eigenvalue weighted by Crippen LogP contribution is 2.30. The first kappa shape index (κ1) is 16.4. The molecule has 0 fully saturated rings. The Morgan fingerprint density at radius 3 is 2.52 bits per heavy atom. The number of fused-ring (bicyclic) bond motifs is 3. The normalized spacial score (nSPS) is 14.0. The van der Waals surface area contributed by atoms with Crippen molar-refractivity contribution in [2.75, 3.05) is 5.32 Å². The third kappa shape index (κ3) is 2.80. The van der Waals surface area contributed by atoms with Crippen LogP contribution in [0.3, 0.4) is 0 Å². The van der Waals surface area contributed by atoms with Gasteiger partial charge in [-0.1, -0.05) is 36.4 Å². The molecule has 29 heavy (non-hydrogen) atoms. The van der Waals surface area contributed by atoms with E-state index in [9.17, 15) is 0 Å². The van der Waals surface area contributed by atoms with E-state index in [1.807, 2.05) is 6.07 Å². The number of nitrogens with zero attached hydrogens (tertiary/aromatic N) is 2. The number of aryl methyl sites for hydroxylation is 1. The van der Waals surface area contributed by atoms with Gasteiger partial charge >= 0.3 is 0 Å². The maximum absolute atomic E-state index is 5.97. The molecular formula is C25H21N3O. The Morgan fingerprint density at radius 1 is 0.931 bits per heavy atom. The quantitative estimate of drug-likeness (QED) is 0.446. The summed E-state index contributed by atoms with van der Waals surface area (Å²) < 4.78 is 8.11. The van der Waals surface area contributed by atoms with Gasteiger partial charge in [-0.05, 0) is 65.4 Å². The lowest BCUT2D eigenvalue weighted by molar-refractivity contribution is 0.596. The number of rotatable bonds is 3. The van der Waals surface area contributed by atoms with Crippen LogP contribution >= 0.6 is 0 Å². The average molecular weight is 379 g/mol. The van der Waals surface area contributed by atoms with Gasteiger partial charge in [-0.15, -0.1) is 0 Å². The third-order valence-corrected chi connectivity index (χ3v) is 5.98. The van der Waals surface area contributed by atoms with Crippen molar-refractivity contribution in [1.82, 2.24) is 9.55 Å². The van der Waals surface area contributed by atoms with Crippen LogP contribution in [-0.2, 0) is 19.9 Å². The molecule has 0 aliphatic heterocycles. The molecule has 1 N–H and O–H groups in total. The smallest absolute Gasteiger partial charge is 0.295 e. The number of aromatic nitrogens is 2. The Labute approximate surface area is 168 Å². The van der Waals surface area contributed by atoms with E-state index in [4.69, 9.17) is 9.40 Å². The molecule has 0 amide bonds. The second-order valence-corrected chi connectivity index (χ2v) is 7.92. The lowest BCUT2D eigenvalue weighted by atomic mass is 10.0. The number of hydrogen-bond donors (Lipinski definition) is 1. The fraction of sp³-hybridized carbons (Fsp3) is 0.160. The summed E-state index contributed by atoms with van der Waals surface area (Å²) in [5.74, 6) is 0. The minimum Gasteiger partial charge on any atom is -0.424 e. The Kier molecular flexibility index (Phi) is 3.54. The number of nitrogens with one attached hydrogen (secondary N) is 1. The standard InChI is InChI=1S/C25H21N3O/c1-28-11-10-20-12-18(6-8-23(20)28)19-7-9-24-22(15-19)27-25(29-24)26-21-13-16-4-2-3-5-17(16)14-21/h2-12,15,21H,13-14H2,1H3,(H,26,27). The fourth-order valence-electron chi connectivity index (χ4n) is 4.47. The number of oxazole rings is 1. The van der Waals surface area contributed by atoms with Crippen molar-refractivity contribution in [2.45, 2.75) is 18.9 Å². The molecule has 0 bridgehead atoms. The SMILES string of the molecule is Cn1ccc2cc(-c3ccc4oc(NC5Cc6ccccc6C5)nc4c3)ccc21. The van der Waals surface area contributed by atoms with Crippen molar-refractivity contribution in [1.29, 1.82) is 0 Å². The number of benzene rings is 3. The van der Waals surface area contributed by atoms with Crippen LogP contribution in [0.2, 0.25) is 0 Å². The van der Waals surface area contributed by atoms with Gasteiger partial charge in [0.25, 0.3) is 6.01 Å². The summed E-state index contributed by atoms with van der Waals surface area (Å²) in [5, 5.41) is 4.73. The molecule has 6 rings (SSSR count). The van der Waals surface area contributed by atoms with E-state index in [2.05, 4.69) is 83.8 Å². The van der Waals surface area contributed by atoms with Gasteiger partial charge in [0.05, 0.1) is 0 Å². The Hall–Kier alpha value is -3.53. The van der Waals surface area contributed by atoms with Crippen LogP contribution < -0.4 is 5.32 Å². The van der Waals surface area contributed by atoms with E-state index in [0.717, 1.165) is 29.5 Å². The van der Waals surface area contributed by atoms with Gasteiger partial charge in [0.2, 0.25) is 0 Å². The maximum atomic E-state index is 5.97. The Morgan fingerprint density at radius 2 is 1.69 bits per heavy atom. The van der Waals surface area contributed by atoms with Crippen LogP contribution in [0.1, 0.15) is 11.1 Å². The first-order chi connectivity index (χ1) is 14.2. The minimum absolute atomic E-state index is 0.334. The van der Waals surface area contributed by atoms with Crippen molar-refractivity contribution >= 4 is 28.0 Å². The molecule has 0 saturated carbocycles. The predicted octanol–water partition coefficient (Wildman–Crippen LogP) is 5.57. The molecule has 142 valence electrons. The van der Waals surface area contributed by atoms with Gasteiger partial charge in [-0.3, -0.25) is 0 Å². The van der Waals surface area contributed by atoms with E-state index in [-0.39, 0.29) is 0 Å². The molecule has 1 aliphatic rings. The van der Waals surface area contributed by atoms with Crippen molar-refractivity contribution in [2.24, 2.45) is 7.05 Å². The van der Waals surface area contributed by atoms with Crippen molar-refractivity contribution in [3.63, 3.8) is 0 Å². The molecule has 4 heteroatoms. The fourth-order valence-corrected chi connectivity index (χ4v) is 4.47. The van der Waals surface area contributed by atoms with E-state index in [1.54, 1.807) is 0 Å². The highest BCUT2D eigenvalue weighted by atomic mass is 16.4. The van der Waals surface area contributed by atoms with Crippen LogP contribution in [0.15, 0.2) is 77.3 Å². The molecule has 0 unspecified atom stereocenters. The van der Waals surface area contributed by atoms with Crippen LogP contribution in [0.25, 0.3) is 33.1 Å². The average Bonchev–Trinajstić information content (AvgIpc) is 3.43. The molecule has 2 heterocycles. The second-order valence-electron chi connectivity index (χ2n) is 7.92. The zero-order valence-corrected chi connectivity index (χ0v) is 16.2. The van der Waals surface area contributed by atoms with E-state index in [0.29, 0.717) is 12.1 Å². The van der Waals surface area contributed by atoms with Crippen LogP contribution in [-0.4, -0.2) is 15.6 Å². The summed E-state index contributed by atoms with van der Waals surface area (Å²) in [6.07, 6.45) is 4.11. The van der Waals surface area contributed by atoms with Gasteiger partial charge in [-0.25, -0.2) is 0 Å². The summed E-state index contributed by atoms with van der Waals surface area (Å²) in [7, 11) is 2.07. The van der Waals surface area contributed by atoms with Gasteiger partial charge in [-0.2, -0.15) is 4.98 Å². The van der Waals surface area contributed by atoms with E-state index in [1.165, 1.54) is 27.6 Å². The van der Waals surface area contributed by atoms with E-state index >= 15 is 0 Å². The summed E-state index contributed by atoms with van der Waals surface area (Å²) >= 11 is 0. The zero-order valence-electron chi connectivity index (χ0n) is 16.2. The third-order valence-electron chi connectivity index (χ3n) is 5.98. The number of hydrogen-bond acceptors (Lipinski definition) is 3. The van der Waals surface area contributed by atoms with Gasteiger partial charge in [0, 0.05) is 30.2 Å². The minimum atomic E-state index is 0.334. The molecule has 0 saturated heterocycles. The molecule has 0 spiro atoms. The van der Waals surface area contributed by atoms with Crippen molar-refractivity contribution in [3.8, 4) is 11.1 Å². The van der Waals surface area contributed by atoms with Crippen LogP contribution in [0.5, 0.6) is 0 Å².